The van der Waals surface area contributed by atoms with E-state index in [1.54, 1.807) is 0 Å². The van der Waals surface area contributed by atoms with Crippen molar-refractivity contribution in [2.75, 3.05) is 26.4 Å². The van der Waals surface area contributed by atoms with E-state index in [1.165, 1.54) is 0 Å². The molecule has 6 heteroatoms. The van der Waals surface area contributed by atoms with Crippen LogP contribution in [0.25, 0.3) is 0 Å². The Morgan fingerprint density at radius 1 is 0.938 bits per heavy atom. The molecule has 2 unspecified atom stereocenters. The summed E-state index contributed by atoms with van der Waals surface area (Å²) < 4.78 is 22.6. The molecule has 2 saturated heterocycles. The monoisotopic (exact) mass is 262 g/mol. The third-order valence-electron chi connectivity index (χ3n) is 3.26. The van der Waals surface area contributed by atoms with Gasteiger partial charge in [-0.15, -0.1) is 0 Å². The van der Waals surface area contributed by atoms with Gasteiger partial charge in [0.25, 0.3) is 0 Å². The number of epoxide rings is 2. The Bertz CT molecular complexity index is 230. The lowest BCUT2D eigenvalue weighted by Gasteiger charge is -2.36. The summed E-state index contributed by atoms with van der Waals surface area (Å²) >= 11 is 0. The van der Waals surface area contributed by atoms with Crippen LogP contribution in [0.5, 0.6) is 0 Å². The van der Waals surface area contributed by atoms with Crippen LogP contribution in [0.3, 0.4) is 0 Å². The van der Waals surface area contributed by atoms with Crippen molar-refractivity contribution in [3.63, 3.8) is 0 Å². The van der Waals surface area contributed by atoms with E-state index in [4.69, 9.17) is 18.3 Å². The standard InChI is InChI=1S/C10H22O4Si2/c1-15(2,3)16(4,13-7-9-5-11-9)14-8-10-6-12-10/h9-10H,5-8H2,1-4H3. The van der Waals surface area contributed by atoms with Crippen LogP contribution in [-0.4, -0.2) is 54.3 Å². The van der Waals surface area contributed by atoms with Crippen LogP contribution in [0.4, 0.5) is 0 Å². The molecule has 0 spiro atoms. The SMILES string of the molecule is C[Si](C)(C)[Si](C)(OCC1CO1)OCC1CO1. The van der Waals surface area contributed by atoms with E-state index < -0.39 is 15.7 Å². The molecule has 0 aromatic rings. The summed E-state index contributed by atoms with van der Waals surface area (Å²) in [5, 5.41) is 0. The highest BCUT2D eigenvalue weighted by Gasteiger charge is 2.48. The number of hydrogen-bond acceptors (Lipinski definition) is 4. The van der Waals surface area contributed by atoms with Crippen molar-refractivity contribution in [3.05, 3.63) is 0 Å². The minimum Gasteiger partial charge on any atom is -0.394 e. The zero-order valence-corrected chi connectivity index (χ0v) is 12.6. The zero-order chi connectivity index (χ0) is 11.8. The Labute approximate surface area is 99.3 Å². The van der Waals surface area contributed by atoms with E-state index in [0.717, 1.165) is 13.2 Å². The number of rotatable bonds is 7. The van der Waals surface area contributed by atoms with E-state index >= 15 is 0 Å². The highest BCUT2D eigenvalue weighted by molar-refractivity contribution is 7.35. The van der Waals surface area contributed by atoms with Gasteiger partial charge in [0.05, 0.1) is 26.4 Å². The molecule has 0 aromatic carbocycles. The summed E-state index contributed by atoms with van der Waals surface area (Å²) in [7, 11) is -3.42. The van der Waals surface area contributed by atoms with Gasteiger partial charge in [0.15, 0.2) is 0 Å². The zero-order valence-electron chi connectivity index (χ0n) is 10.6. The van der Waals surface area contributed by atoms with Crippen LogP contribution in [0, 0.1) is 0 Å². The van der Waals surface area contributed by atoms with Gasteiger partial charge in [-0.2, -0.15) is 0 Å². The summed E-state index contributed by atoms with van der Waals surface area (Å²) in [6.07, 6.45) is 0.646. The highest BCUT2D eigenvalue weighted by atomic mass is 29.3. The van der Waals surface area contributed by atoms with Gasteiger partial charge in [-0.3, -0.25) is 0 Å². The van der Waals surface area contributed by atoms with Crippen molar-refractivity contribution < 1.29 is 18.3 Å². The summed E-state index contributed by atoms with van der Waals surface area (Å²) in [4.78, 5) is 0. The van der Waals surface area contributed by atoms with E-state index in [0.29, 0.717) is 25.4 Å². The molecule has 2 rings (SSSR count). The molecule has 0 N–H and O–H groups in total. The summed E-state index contributed by atoms with van der Waals surface area (Å²) in [6.45, 7) is 12.3. The first-order valence-corrected chi connectivity index (χ1v) is 12.7. The van der Waals surface area contributed by atoms with Gasteiger partial charge in [0.2, 0.25) is 0 Å². The third kappa shape index (κ3) is 3.38. The fraction of sp³-hybridized carbons (Fsp3) is 1.00. The van der Waals surface area contributed by atoms with Crippen molar-refractivity contribution in [2.45, 2.75) is 38.4 Å². The third-order valence-corrected chi connectivity index (χ3v) is 16.5. The van der Waals surface area contributed by atoms with Gasteiger partial charge in [-0.05, 0) is 6.55 Å². The van der Waals surface area contributed by atoms with Crippen molar-refractivity contribution in [3.8, 4) is 0 Å². The number of ether oxygens (including phenoxy) is 2. The lowest BCUT2D eigenvalue weighted by atomic mass is 10.5. The van der Waals surface area contributed by atoms with Gasteiger partial charge in [-0.25, -0.2) is 0 Å². The van der Waals surface area contributed by atoms with Crippen LogP contribution >= 0.6 is 0 Å². The topological polar surface area (TPSA) is 43.5 Å². The Balaban J connectivity index is 1.86. The minimum absolute atomic E-state index is 0.323. The fourth-order valence-corrected chi connectivity index (χ4v) is 6.36. The van der Waals surface area contributed by atoms with Gasteiger partial charge < -0.3 is 18.3 Å². The second-order valence-electron chi connectivity index (χ2n) is 5.73. The maximum absolute atomic E-state index is 6.09. The molecule has 0 radical (unpaired) electrons. The Kier molecular flexibility index (Phi) is 3.58. The van der Waals surface area contributed by atoms with Crippen LogP contribution in [0.2, 0.25) is 26.2 Å². The van der Waals surface area contributed by atoms with Crippen LogP contribution in [0.1, 0.15) is 0 Å². The quantitative estimate of drug-likeness (QED) is 0.512. The Hall–Kier alpha value is 0.274. The molecule has 0 aromatic heterocycles. The molecule has 16 heavy (non-hydrogen) atoms. The molecule has 4 nitrogen and oxygen atoms in total. The maximum Gasteiger partial charge on any atom is 0.312 e. The molecule has 0 aliphatic carbocycles. The maximum atomic E-state index is 6.09. The van der Waals surface area contributed by atoms with Gasteiger partial charge >= 0.3 is 8.08 Å². The lowest BCUT2D eigenvalue weighted by molar-refractivity contribution is 0.162. The molecule has 2 heterocycles. The van der Waals surface area contributed by atoms with Crippen molar-refractivity contribution in [1.29, 1.82) is 0 Å². The lowest BCUT2D eigenvalue weighted by Crippen LogP contribution is -2.60. The van der Waals surface area contributed by atoms with E-state index in [2.05, 4.69) is 26.2 Å². The summed E-state index contributed by atoms with van der Waals surface area (Å²) in [5.74, 6) is 0. The van der Waals surface area contributed by atoms with Crippen LogP contribution in [0.15, 0.2) is 0 Å². The van der Waals surface area contributed by atoms with Crippen LogP contribution < -0.4 is 0 Å². The molecular weight excluding hydrogens is 240 g/mol. The van der Waals surface area contributed by atoms with E-state index in [-0.39, 0.29) is 0 Å². The largest absolute Gasteiger partial charge is 0.394 e. The van der Waals surface area contributed by atoms with E-state index in [9.17, 15) is 0 Å². The van der Waals surface area contributed by atoms with Crippen molar-refractivity contribution >= 4 is 15.7 Å². The molecule has 94 valence electrons. The van der Waals surface area contributed by atoms with E-state index in [1.807, 2.05) is 0 Å². The van der Waals surface area contributed by atoms with Crippen LogP contribution in [-0.2, 0) is 18.3 Å². The molecule has 0 saturated carbocycles. The first-order chi connectivity index (χ1) is 7.41. The Morgan fingerprint density at radius 2 is 1.31 bits per heavy atom. The predicted octanol–water partition coefficient (Wildman–Crippen LogP) is 1.31. The molecule has 2 aliphatic rings. The second kappa shape index (κ2) is 4.51. The molecule has 2 aliphatic heterocycles. The van der Waals surface area contributed by atoms with Gasteiger partial charge in [0, 0.05) is 0 Å². The first-order valence-electron chi connectivity index (χ1n) is 5.92. The molecular formula is C10H22O4Si2. The van der Waals surface area contributed by atoms with Gasteiger partial charge in [0.1, 0.15) is 19.8 Å². The minimum atomic E-state index is -2.02. The summed E-state index contributed by atoms with van der Waals surface area (Å²) in [6, 6.07) is 0. The Morgan fingerprint density at radius 3 is 1.56 bits per heavy atom. The molecule has 2 atom stereocenters. The first kappa shape index (κ1) is 12.7. The molecule has 2 fully saturated rings. The average molecular weight is 262 g/mol. The predicted molar refractivity (Wildman–Crippen MR) is 66.3 cm³/mol. The second-order valence-corrected chi connectivity index (χ2v) is 19.9. The fourth-order valence-electron chi connectivity index (χ4n) is 1.31. The summed E-state index contributed by atoms with van der Waals surface area (Å²) in [5.41, 5.74) is 0. The average Bonchev–Trinajstić information content (AvgIpc) is 3.01. The highest BCUT2D eigenvalue weighted by Crippen LogP contribution is 2.25. The normalized spacial score (nSPS) is 32.2. The molecule has 0 bridgehead atoms. The number of hydrogen-bond donors (Lipinski definition) is 0. The van der Waals surface area contributed by atoms with Crippen molar-refractivity contribution in [2.24, 2.45) is 0 Å². The smallest absolute Gasteiger partial charge is 0.312 e. The van der Waals surface area contributed by atoms with Crippen molar-refractivity contribution in [1.82, 2.24) is 0 Å². The molecule has 0 amide bonds. The van der Waals surface area contributed by atoms with Gasteiger partial charge in [-0.1, -0.05) is 19.6 Å².